The molecule has 126 valence electrons. The Hall–Kier alpha value is -2.54. The fourth-order valence-electron chi connectivity index (χ4n) is 2.20. The largest absolute Gasteiger partial charge is 0.588 e. The van der Waals surface area contributed by atoms with Crippen LogP contribution < -0.4 is 4.72 Å². The van der Waals surface area contributed by atoms with Crippen molar-refractivity contribution in [3.05, 3.63) is 77.6 Å². The molecule has 2 N–H and O–H groups in total. The number of nitrogens with zero attached hydrogens (tertiary/aromatic N) is 1. The lowest BCUT2D eigenvalue weighted by molar-refractivity contribution is 0.0696. The highest BCUT2D eigenvalue weighted by molar-refractivity contribution is 7.92. The minimum absolute atomic E-state index is 0.0924. The van der Waals surface area contributed by atoms with Crippen LogP contribution in [0.2, 0.25) is 5.02 Å². The first-order valence-corrected chi connectivity index (χ1v) is 8.79. The Bertz CT molecular complexity index is 906. The third kappa shape index (κ3) is 4.11. The summed E-state index contributed by atoms with van der Waals surface area (Å²) in [6, 6.07) is 15.6. The van der Waals surface area contributed by atoms with Crippen molar-refractivity contribution >= 4 is 34.6 Å². The van der Waals surface area contributed by atoms with E-state index in [0.717, 1.165) is 0 Å². The molecule has 3 aromatic rings. The summed E-state index contributed by atoms with van der Waals surface area (Å²) in [5, 5.41) is 9.50. The SMILES string of the molecule is O=C(O)c1cncc(-c2ccc(Cl)c(N[S+]([O-])c3ccccc3)c2)c1. The Morgan fingerprint density at radius 1 is 1.08 bits per heavy atom. The standard InChI is InChI=1S/C18H13ClN2O3S/c19-16-7-6-12(13-8-14(18(22)23)11-20-10-13)9-17(16)21-25(24)15-4-2-1-3-5-15/h1-11,21H,(H,22,23). The average molecular weight is 373 g/mol. The molecule has 0 aliphatic rings. The van der Waals surface area contributed by atoms with Crippen LogP contribution in [-0.2, 0) is 11.4 Å². The number of nitrogens with one attached hydrogen (secondary N) is 1. The van der Waals surface area contributed by atoms with Crippen LogP contribution in [0, 0.1) is 0 Å². The molecule has 5 nitrogen and oxygen atoms in total. The van der Waals surface area contributed by atoms with Crippen molar-refractivity contribution in [2.24, 2.45) is 0 Å². The number of aromatic carboxylic acids is 1. The first-order valence-electron chi connectivity index (χ1n) is 7.26. The maximum atomic E-state index is 12.4. The van der Waals surface area contributed by atoms with Crippen LogP contribution in [0.3, 0.4) is 0 Å². The van der Waals surface area contributed by atoms with Crippen molar-refractivity contribution in [1.29, 1.82) is 0 Å². The van der Waals surface area contributed by atoms with Gasteiger partial charge >= 0.3 is 5.97 Å². The van der Waals surface area contributed by atoms with Crippen LogP contribution in [0.4, 0.5) is 5.69 Å². The van der Waals surface area contributed by atoms with Gasteiger partial charge in [-0.25, -0.2) is 9.52 Å². The molecule has 0 bridgehead atoms. The summed E-state index contributed by atoms with van der Waals surface area (Å²) in [5.74, 6) is -1.05. The number of hydrogen-bond donors (Lipinski definition) is 2. The molecular formula is C18H13ClN2O3S. The van der Waals surface area contributed by atoms with Crippen molar-refractivity contribution in [2.75, 3.05) is 4.72 Å². The molecule has 3 rings (SSSR count). The van der Waals surface area contributed by atoms with Crippen LogP contribution in [0.25, 0.3) is 11.1 Å². The monoisotopic (exact) mass is 372 g/mol. The van der Waals surface area contributed by atoms with E-state index in [9.17, 15) is 9.35 Å². The second kappa shape index (κ2) is 7.57. The van der Waals surface area contributed by atoms with Crippen LogP contribution in [0.1, 0.15) is 10.4 Å². The average Bonchev–Trinajstić information content (AvgIpc) is 2.64. The van der Waals surface area contributed by atoms with Gasteiger partial charge in [-0.05, 0) is 35.9 Å². The first kappa shape index (κ1) is 17.3. The van der Waals surface area contributed by atoms with E-state index in [1.807, 2.05) is 6.07 Å². The summed E-state index contributed by atoms with van der Waals surface area (Å²) in [7, 11) is 0. The topological polar surface area (TPSA) is 85.3 Å². The number of benzene rings is 2. The molecule has 0 aliphatic carbocycles. The fourth-order valence-corrected chi connectivity index (χ4v) is 3.31. The van der Waals surface area contributed by atoms with Crippen molar-refractivity contribution < 1.29 is 14.5 Å². The molecule has 0 spiro atoms. The summed E-state index contributed by atoms with van der Waals surface area (Å²) in [6.45, 7) is 0. The smallest absolute Gasteiger partial charge is 0.337 e. The lowest BCUT2D eigenvalue weighted by Crippen LogP contribution is -2.13. The minimum atomic E-state index is -1.47. The minimum Gasteiger partial charge on any atom is -0.588 e. The van der Waals surface area contributed by atoms with Gasteiger partial charge in [0.2, 0.25) is 0 Å². The maximum absolute atomic E-state index is 12.4. The molecule has 0 fully saturated rings. The quantitative estimate of drug-likeness (QED) is 0.654. The number of aromatic nitrogens is 1. The van der Waals surface area contributed by atoms with Gasteiger partial charge in [-0.2, -0.15) is 0 Å². The van der Waals surface area contributed by atoms with Gasteiger partial charge in [0, 0.05) is 18.0 Å². The summed E-state index contributed by atoms with van der Waals surface area (Å²) < 4.78 is 15.3. The zero-order valence-electron chi connectivity index (χ0n) is 12.8. The number of pyridine rings is 1. The Balaban J connectivity index is 1.91. The van der Waals surface area contributed by atoms with Crippen molar-refractivity contribution in [2.45, 2.75) is 4.90 Å². The van der Waals surface area contributed by atoms with Gasteiger partial charge in [0.15, 0.2) is 4.90 Å². The van der Waals surface area contributed by atoms with E-state index in [-0.39, 0.29) is 5.56 Å². The Kier molecular flexibility index (Phi) is 5.23. The third-order valence-corrected chi connectivity index (χ3v) is 4.88. The molecule has 0 saturated carbocycles. The summed E-state index contributed by atoms with van der Waals surface area (Å²) >= 11 is 4.73. The van der Waals surface area contributed by atoms with Crippen LogP contribution in [-0.4, -0.2) is 20.6 Å². The van der Waals surface area contributed by atoms with Gasteiger partial charge in [-0.15, -0.1) is 0 Å². The van der Waals surface area contributed by atoms with E-state index in [4.69, 9.17) is 16.7 Å². The van der Waals surface area contributed by atoms with Gasteiger partial charge in [0.05, 0.1) is 10.6 Å². The predicted molar refractivity (Wildman–Crippen MR) is 98.1 cm³/mol. The highest BCUT2D eigenvalue weighted by Gasteiger charge is 2.14. The summed E-state index contributed by atoms with van der Waals surface area (Å²) in [5.41, 5.74) is 1.93. The van der Waals surface area contributed by atoms with Gasteiger partial charge < -0.3 is 9.66 Å². The molecule has 0 amide bonds. The van der Waals surface area contributed by atoms with E-state index in [2.05, 4.69) is 9.71 Å². The van der Waals surface area contributed by atoms with Crippen LogP contribution in [0.15, 0.2) is 71.9 Å². The predicted octanol–water partition coefficient (Wildman–Crippen LogP) is 4.23. The highest BCUT2D eigenvalue weighted by Crippen LogP contribution is 2.30. The number of halogens is 1. The van der Waals surface area contributed by atoms with Crippen molar-refractivity contribution in [3.8, 4) is 11.1 Å². The lowest BCUT2D eigenvalue weighted by atomic mass is 10.1. The zero-order valence-corrected chi connectivity index (χ0v) is 14.4. The van der Waals surface area contributed by atoms with Gasteiger partial charge in [-0.1, -0.05) is 35.9 Å². The van der Waals surface area contributed by atoms with E-state index in [1.165, 1.54) is 12.3 Å². The number of carboxylic acids is 1. The van der Waals surface area contributed by atoms with E-state index < -0.39 is 17.3 Å². The van der Waals surface area contributed by atoms with Gasteiger partial charge in [0.25, 0.3) is 0 Å². The molecule has 1 atom stereocenters. The molecule has 1 unspecified atom stereocenters. The first-order chi connectivity index (χ1) is 12.0. The summed E-state index contributed by atoms with van der Waals surface area (Å²) in [4.78, 5) is 15.7. The molecule has 1 heterocycles. The molecule has 0 aliphatic heterocycles. The van der Waals surface area contributed by atoms with Crippen molar-refractivity contribution in [3.63, 3.8) is 0 Å². The lowest BCUT2D eigenvalue weighted by Gasteiger charge is -2.13. The normalized spacial score (nSPS) is 11.8. The molecule has 0 saturated heterocycles. The summed E-state index contributed by atoms with van der Waals surface area (Å²) in [6.07, 6.45) is 2.85. The Morgan fingerprint density at radius 3 is 2.56 bits per heavy atom. The second-order valence-electron chi connectivity index (χ2n) is 5.15. The number of hydrogen-bond acceptors (Lipinski definition) is 4. The number of anilines is 1. The van der Waals surface area contributed by atoms with Crippen LogP contribution >= 0.6 is 11.6 Å². The Labute approximate surface area is 152 Å². The maximum Gasteiger partial charge on any atom is 0.337 e. The highest BCUT2D eigenvalue weighted by atomic mass is 35.5. The number of carboxylic acid groups (broad SMARTS) is 1. The fraction of sp³-hybridized carbons (Fsp3) is 0. The van der Waals surface area contributed by atoms with Gasteiger partial charge in [-0.3, -0.25) is 4.98 Å². The molecule has 1 aromatic heterocycles. The van der Waals surface area contributed by atoms with Crippen LogP contribution in [0.5, 0.6) is 0 Å². The Morgan fingerprint density at radius 2 is 1.84 bits per heavy atom. The molecular weight excluding hydrogens is 360 g/mol. The third-order valence-electron chi connectivity index (χ3n) is 3.44. The zero-order chi connectivity index (χ0) is 17.8. The van der Waals surface area contributed by atoms with Crippen molar-refractivity contribution in [1.82, 2.24) is 4.98 Å². The molecule has 2 aromatic carbocycles. The number of carbonyl (C=O) groups is 1. The van der Waals surface area contributed by atoms with E-state index in [1.54, 1.807) is 48.7 Å². The second-order valence-corrected chi connectivity index (χ2v) is 6.77. The van der Waals surface area contributed by atoms with E-state index in [0.29, 0.717) is 26.7 Å². The van der Waals surface area contributed by atoms with E-state index >= 15 is 0 Å². The molecule has 0 radical (unpaired) electrons. The molecule has 7 heteroatoms. The number of rotatable bonds is 5. The molecule has 25 heavy (non-hydrogen) atoms. The van der Waals surface area contributed by atoms with Gasteiger partial charge in [0.1, 0.15) is 17.0 Å².